The highest BCUT2D eigenvalue weighted by atomic mass is 16.6. The average molecular weight is 283 g/mol. The first kappa shape index (κ1) is 14.6. The first-order chi connectivity index (χ1) is 9.29. The van der Waals surface area contributed by atoms with E-state index in [0.717, 1.165) is 12.8 Å². The molecule has 0 aliphatic carbocycles. The molecule has 2 fully saturated rings. The molecule has 2 saturated heterocycles. The Labute approximate surface area is 118 Å². The summed E-state index contributed by atoms with van der Waals surface area (Å²) < 4.78 is 5.08. The lowest BCUT2D eigenvalue weighted by Crippen LogP contribution is -2.41. The zero-order chi connectivity index (χ0) is 14.9. The number of nitrogens with zero attached hydrogens (tertiary/aromatic N) is 2. The molecule has 0 spiro atoms. The van der Waals surface area contributed by atoms with Gasteiger partial charge < -0.3 is 15.0 Å². The summed E-state index contributed by atoms with van der Waals surface area (Å²) in [6.07, 6.45) is 1.07. The van der Waals surface area contributed by atoms with Gasteiger partial charge >= 0.3 is 12.1 Å². The fourth-order valence-corrected chi connectivity index (χ4v) is 2.47. The Balaban J connectivity index is 1.79. The molecule has 0 saturated carbocycles. The number of carbonyl (C=O) groups excluding carboxylic acids is 3. The summed E-state index contributed by atoms with van der Waals surface area (Å²) in [7, 11) is 0. The first-order valence-corrected chi connectivity index (χ1v) is 6.88. The molecule has 4 amide bonds. The van der Waals surface area contributed by atoms with E-state index in [-0.39, 0.29) is 31.1 Å². The highest BCUT2D eigenvalue weighted by molar-refractivity contribution is 6.04. The van der Waals surface area contributed by atoms with Crippen LogP contribution in [-0.2, 0) is 9.53 Å². The number of nitrogens with one attached hydrogen (secondary N) is 1. The lowest BCUT2D eigenvalue weighted by molar-refractivity contribution is -0.127. The van der Waals surface area contributed by atoms with Crippen molar-refractivity contribution >= 4 is 18.0 Å². The van der Waals surface area contributed by atoms with Gasteiger partial charge in [0.05, 0.1) is 0 Å². The van der Waals surface area contributed by atoms with Gasteiger partial charge in [0.25, 0.3) is 5.91 Å². The quantitative estimate of drug-likeness (QED) is 0.782. The van der Waals surface area contributed by atoms with Crippen molar-refractivity contribution < 1.29 is 19.1 Å². The zero-order valence-electron chi connectivity index (χ0n) is 12.1. The van der Waals surface area contributed by atoms with Crippen LogP contribution in [0, 0.1) is 0 Å². The molecule has 0 radical (unpaired) electrons. The summed E-state index contributed by atoms with van der Waals surface area (Å²) >= 11 is 0. The van der Waals surface area contributed by atoms with Gasteiger partial charge in [-0.2, -0.15) is 0 Å². The lowest BCUT2D eigenvalue weighted by Gasteiger charge is -2.20. The maximum atomic E-state index is 12.0. The van der Waals surface area contributed by atoms with Gasteiger partial charge in [-0.15, -0.1) is 0 Å². The van der Waals surface area contributed by atoms with Crippen molar-refractivity contribution in [1.29, 1.82) is 0 Å². The Bertz CT molecular complexity index is 408. The second kappa shape index (κ2) is 5.30. The number of hydrogen-bond donors (Lipinski definition) is 1. The van der Waals surface area contributed by atoms with E-state index >= 15 is 0 Å². The fraction of sp³-hybridized carbons (Fsp3) is 0.769. The standard InChI is InChI=1S/C13H21N3O4/c1-13(2,3)20-11(18)14-6-8-16-10(17)9-5-4-7-15(9)12(16)19/h9H,4-8H2,1-3H3,(H,14,18)/t9-/m1/s1. The van der Waals surface area contributed by atoms with Gasteiger partial charge in [-0.1, -0.05) is 0 Å². The van der Waals surface area contributed by atoms with Gasteiger partial charge in [-0.25, -0.2) is 9.59 Å². The normalized spacial score (nSPS) is 22.2. The number of rotatable bonds is 3. The van der Waals surface area contributed by atoms with Crippen molar-refractivity contribution in [2.45, 2.75) is 45.3 Å². The number of urea groups is 1. The highest BCUT2D eigenvalue weighted by Gasteiger charge is 2.46. The molecule has 1 N–H and O–H groups in total. The molecule has 20 heavy (non-hydrogen) atoms. The number of carbonyl (C=O) groups is 3. The van der Waals surface area contributed by atoms with Crippen LogP contribution >= 0.6 is 0 Å². The number of ether oxygens (including phenoxy) is 1. The SMILES string of the molecule is CC(C)(C)OC(=O)NCCN1C(=O)[C@H]2CCCN2C1=O. The predicted molar refractivity (Wildman–Crippen MR) is 71.1 cm³/mol. The van der Waals surface area contributed by atoms with Crippen molar-refractivity contribution in [2.75, 3.05) is 19.6 Å². The first-order valence-electron chi connectivity index (χ1n) is 6.88. The Hall–Kier alpha value is -1.79. The molecule has 7 heteroatoms. The van der Waals surface area contributed by atoms with Crippen LogP contribution in [0.1, 0.15) is 33.6 Å². The van der Waals surface area contributed by atoms with E-state index < -0.39 is 11.7 Å². The van der Waals surface area contributed by atoms with Gasteiger partial charge in [0.1, 0.15) is 11.6 Å². The molecule has 0 bridgehead atoms. The number of fused-ring (bicyclic) bond motifs is 1. The van der Waals surface area contributed by atoms with Crippen LogP contribution in [0.4, 0.5) is 9.59 Å². The predicted octanol–water partition coefficient (Wildman–Crippen LogP) is 0.938. The molecule has 0 aromatic rings. The summed E-state index contributed by atoms with van der Waals surface area (Å²) in [5, 5.41) is 2.55. The van der Waals surface area contributed by atoms with Crippen LogP contribution in [0.2, 0.25) is 0 Å². The summed E-state index contributed by atoms with van der Waals surface area (Å²) in [6, 6.07) is -0.535. The molecule has 2 aliphatic rings. The number of alkyl carbamates (subject to hydrolysis) is 1. The molecule has 112 valence electrons. The highest BCUT2D eigenvalue weighted by Crippen LogP contribution is 2.26. The third-order valence-corrected chi connectivity index (χ3v) is 3.28. The van der Waals surface area contributed by atoms with Crippen LogP contribution < -0.4 is 5.32 Å². The largest absolute Gasteiger partial charge is 0.444 e. The number of amides is 4. The van der Waals surface area contributed by atoms with E-state index in [9.17, 15) is 14.4 Å². The van der Waals surface area contributed by atoms with Crippen molar-refractivity contribution in [3.05, 3.63) is 0 Å². The monoisotopic (exact) mass is 283 g/mol. The molecular weight excluding hydrogens is 262 g/mol. The number of hydrogen-bond acceptors (Lipinski definition) is 4. The van der Waals surface area contributed by atoms with E-state index in [2.05, 4.69) is 5.32 Å². The van der Waals surface area contributed by atoms with Crippen LogP contribution in [0.3, 0.4) is 0 Å². The van der Waals surface area contributed by atoms with Crippen LogP contribution in [0.25, 0.3) is 0 Å². The van der Waals surface area contributed by atoms with E-state index in [4.69, 9.17) is 4.74 Å². The Kier molecular flexibility index (Phi) is 3.87. The molecule has 0 unspecified atom stereocenters. The maximum Gasteiger partial charge on any atom is 0.407 e. The fourth-order valence-electron chi connectivity index (χ4n) is 2.47. The molecule has 0 aromatic carbocycles. The Morgan fingerprint density at radius 2 is 2.10 bits per heavy atom. The molecule has 2 aliphatic heterocycles. The smallest absolute Gasteiger partial charge is 0.407 e. The van der Waals surface area contributed by atoms with E-state index in [1.807, 2.05) is 0 Å². The van der Waals surface area contributed by atoms with E-state index in [0.29, 0.717) is 6.54 Å². The van der Waals surface area contributed by atoms with Gasteiger partial charge in [-0.3, -0.25) is 9.69 Å². The molecule has 0 aromatic heterocycles. The molecule has 2 heterocycles. The van der Waals surface area contributed by atoms with Crippen molar-refractivity contribution in [3.8, 4) is 0 Å². The van der Waals surface area contributed by atoms with Crippen LogP contribution in [0.15, 0.2) is 0 Å². The average Bonchev–Trinajstić information content (AvgIpc) is 2.86. The number of imide groups is 1. The third-order valence-electron chi connectivity index (χ3n) is 3.28. The summed E-state index contributed by atoms with van der Waals surface area (Å²) in [4.78, 5) is 38.3. The second-order valence-corrected chi connectivity index (χ2v) is 6.05. The third kappa shape index (κ3) is 3.02. The summed E-state index contributed by atoms with van der Waals surface area (Å²) in [5.41, 5.74) is -0.563. The van der Waals surface area contributed by atoms with Crippen molar-refractivity contribution in [2.24, 2.45) is 0 Å². The molecule has 2 rings (SSSR count). The maximum absolute atomic E-state index is 12.0. The summed E-state index contributed by atoms with van der Waals surface area (Å²) in [6.45, 7) is 6.35. The molecule has 1 atom stereocenters. The van der Waals surface area contributed by atoms with Gasteiger partial charge in [-0.05, 0) is 33.6 Å². The molecule has 7 nitrogen and oxygen atoms in total. The minimum Gasteiger partial charge on any atom is -0.444 e. The topological polar surface area (TPSA) is 79.0 Å². The van der Waals surface area contributed by atoms with Crippen LogP contribution in [0.5, 0.6) is 0 Å². The van der Waals surface area contributed by atoms with Gasteiger partial charge in [0.2, 0.25) is 0 Å². The van der Waals surface area contributed by atoms with Gasteiger partial charge in [0, 0.05) is 19.6 Å². The summed E-state index contributed by atoms with van der Waals surface area (Å²) in [5.74, 6) is -0.154. The zero-order valence-corrected chi connectivity index (χ0v) is 12.1. The molecular formula is C13H21N3O4. The second-order valence-electron chi connectivity index (χ2n) is 6.05. The van der Waals surface area contributed by atoms with Crippen molar-refractivity contribution in [3.63, 3.8) is 0 Å². The van der Waals surface area contributed by atoms with Crippen LogP contribution in [-0.4, -0.2) is 59.1 Å². The van der Waals surface area contributed by atoms with E-state index in [1.54, 1.807) is 25.7 Å². The Morgan fingerprint density at radius 3 is 2.70 bits per heavy atom. The minimum absolute atomic E-state index is 0.154. The Morgan fingerprint density at radius 1 is 1.40 bits per heavy atom. The lowest BCUT2D eigenvalue weighted by atomic mass is 10.2. The van der Waals surface area contributed by atoms with Gasteiger partial charge in [0.15, 0.2) is 0 Å². The van der Waals surface area contributed by atoms with Crippen molar-refractivity contribution in [1.82, 2.24) is 15.1 Å². The minimum atomic E-state index is -0.563. The van der Waals surface area contributed by atoms with E-state index in [1.165, 1.54) is 4.90 Å².